The fraction of sp³-hybridized carbons (Fsp3) is 0.125. The molecule has 1 saturated heterocycles. The first kappa shape index (κ1) is 20.4. The number of rotatable bonds is 4. The molecule has 28 heavy (non-hydrogen) atoms. The van der Waals surface area contributed by atoms with Crippen LogP contribution in [0.4, 0.5) is 15.0 Å². The number of ether oxygens (including phenoxy) is 1. The lowest BCUT2D eigenvalue weighted by Gasteiger charge is -2.12. The van der Waals surface area contributed by atoms with Crippen LogP contribution in [0.25, 0.3) is 6.08 Å². The zero-order valence-corrected chi connectivity index (χ0v) is 17.2. The lowest BCUT2D eigenvalue weighted by molar-refractivity contribution is -0.121. The van der Waals surface area contributed by atoms with Crippen molar-refractivity contribution in [1.29, 1.82) is 0 Å². The number of benzene rings is 1. The van der Waals surface area contributed by atoms with Crippen LogP contribution in [-0.2, 0) is 11.4 Å². The number of carbonyl (C=O) groups excluding carboxylic acids is 2. The first-order valence-electron chi connectivity index (χ1n) is 7.51. The van der Waals surface area contributed by atoms with E-state index in [1.54, 1.807) is 0 Å². The van der Waals surface area contributed by atoms with E-state index in [9.17, 15) is 19.1 Å². The minimum Gasteiger partial charge on any atom is -0.502 e. The molecule has 8 nitrogen and oxygen atoms in total. The molecule has 0 bridgehead atoms. The number of nitrogen functional groups attached to an aromatic ring is 1. The Kier molecular flexibility index (Phi) is 5.77. The monoisotopic (exact) mass is 488 g/mol. The topological polar surface area (TPSA) is 119 Å². The molecule has 1 aromatic heterocycles. The molecule has 0 atom stereocenters. The van der Waals surface area contributed by atoms with Crippen LogP contribution in [-0.4, -0.2) is 38.2 Å². The van der Waals surface area contributed by atoms with Crippen LogP contribution in [0.3, 0.4) is 0 Å². The van der Waals surface area contributed by atoms with Crippen molar-refractivity contribution < 1.29 is 23.8 Å². The highest BCUT2D eigenvalue weighted by Gasteiger charge is 2.32. The molecule has 3 N–H and O–H groups in total. The van der Waals surface area contributed by atoms with E-state index in [2.05, 4.69) is 25.9 Å². The van der Waals surface area contributed by atoms with Crippen LogP contribution < -0.4 is 10.5 Å². The van der Waals surface area contributed by atoms with E-state index >= 15 is 0 Å². The van der Waals surface area contributed by atoms with Gasteiger partial charge in [0.05, 0.1) is 9.38 Å². The number of aromatic hydroxyl groups is 1. The fourth-order valence-corrected chi connectivity index (χ4v) is 3.55. The Labute approximate surface area is 175 Å². The van der Waals surface area contributed by atoms with Crippen molar-refractivity contribution in [3.05, 3.63) is 43.9 Å². The Morgan fingerprint density at radius 1 is 1.50 bits per heavy atom. The van der Waals surface area contributed by atoms with E-state index in [0.29, 0.717) is 5.56 Å². The van der Waals surface area contributed by atoms with Crippen molar-refractivity contribution in [3.8, 4) is 11.5 Å². The van der Waals surface area contributed by atoms with E-state index in [4.69, 9.17) is 22.1 Å². The number of aromatic nitrogens is 2. The fourth-order valence-electron chi connectivity index (χ4n) is 2.18. The van der Waals surface area contributed by atoms with Crippen LogP contribution in [0.1, 0.15) is 11.1 Å². The number of amides is 2. The number of hydrogen-bond donors (Lipinski definition) is 2. The van der Waals surface area contributed by atoms with Gasteiger partial charge in [-0.1, -0.05) is 0 Å². The van der Waals surface area contributed by atoms with Gasteiger partial charge in [-0.05, 0) is 57.0 Å². The number of likely N-dealkylation sites (N-methyl/N-ethyl adjacent to an activating group) is 1. The lowest BCUT2D eigenvalue weighted by atomic mass is 10.1. The van der Waals surface area contributed by atoms with Gasteiger partial charge < -0.3 is 15.6 Å². The molecule has 0 unspecified atom stereocenters. The Morgan fingerprint density at radius 3 is 2.82 bits per heavy atom. The standard InChI is InChI=1S/C16H11BrClFN4O4S/c1-23-14(25)9(28-16(23)26)3-6-2-8(12(24)11(19)10(6)17)27-5-7-4-21-15(18)22-13(7)20/h2-4,24H,5H2,1H3,(H2,20,21,22)/b9-3-. The van der Waals surface area contributed by atoms with Gasteiger partial charge in [0.2, 0.25) is 5.28 Å². The second-order valence-corrected chi connectivity index (χ2v) is 7.64. The first-order chi connectivity index (χ1) is 13.2. The first-order valence-corrected chi connectivity index (χ1v) is 9.50. The molecule has 2 aromatic rings. The summed E-state index contributed by atoms with van der Waals surface area (Å²) in [5.41, 5.74) is 6.29. The smallest absolute Gasteiger partial charge is 0.293 e. The van der Waals surface area contributed by atoms with Crippen LogP contribution in [0, 0.1) is 5.82 Å². The molecule has 2 amide bonds. The summed E-state index contributed by atoms with van der Waals surface area (Å²) in [4.78, 5) is 32.3. The van der Waals surface area contributed by atoms with Crippen molar-refractivity contribution in [2.75, 3.05) is 12.8 Å². The number of anilines is 1. The quantitative estimate of drug-likeness (QED) is 0.494. The summed E-state index contributed by atoms with van der Waals surface area (Å²) >= 11 is 9.38. The Hall–Kier alpha value is -2.37. The van der Waals surface area contributed by atoms with Gasteiger partial charge in [0, 0.05) is 18.8 Å². The average Bonchev–Trinajstić information content (AvgIpc) is 2.89. The Balaban J connectivity index is 1.93. The van der Waals surface area contributed by atoms with Crippen LogP contribution in [0.5, 0.6) is 11.5 Å². The maximum absolute atomic E-state index is 14.4. The zero-order chi connectivity index (χ0) is 20.6. The largest absolute Gasteiger partial charge is 0.502 e. The number of halogens is 3. The van der Waals surface area contributed by atoms with Gasteiger partial charge >= 0.3 is 0 Å². The van der Waals surface area contributed by atoms with Crippen molar-refractivity contribution in [1.82, 2.24) is 14.9 Å². The van der Waals surface area contributed by atoms with Gasteiger partial charge in [-0.25, -0.2) is 14.4 Å². The Bertz CT molecular complexity index is 1040. The highest BCUT2D eigenvalue weighted by atomic mass is 79.9. The van der Waals surface area contributed by atoms with E-state index in [0.717, 1.165) is 16.7 Å². The van der Waals surface area contributed by atoms with Crippen molar-refractivity contribution in [3.63, 3.8) is 0 Å². The molecule has 1 fully saturated rings. The number of nitrogens with zero attached hydrogens (tertiary/aromatic N) is 3. The maximum Gasteiger partial charge on any atom is 0.293 e. The predicted octanol–water partition coefficient (Wildman–Crippen LogP) is 3.56. The molecule has 0 aliphatic carbocycles. The van der Waals surface area contributed by atoms with Crippen molar-refractivity contribution in [2.24, 2.45) is 0 Å². The summed E-state index contributed by atoms with van der Waals surface area (Å²) in [6.07, 6.45) is 2.67. The van der Waals surface area contributed by atoms with Gasteiger partial charge in [0.1, 0.15) is 12.4 Å². The number of carbonyl (C=O) groups is 2. The second-order valence-electron chi connectivity index (χ2n) is 5.52. The molecule has 3 rings (SSSR count). The number of hydrogen-bond acceptors (Lipinski definition) is 8. The molecule has 1 aromatic carbocycles. The Morgan fingerprint density at radius 2 is 2.21 bits per heavy atom. The molecule has 0 radical (unpaired) electrons. The molecular formula is C16H11BrClFN4O4S. The maximum atomic E-state index is 14.4. The normalized spacial score (nSPS) is 15.6. The van der Waals surface area contributed by atoms with Crippen molar-refractivity contribution in [2.45, 2.75) is 6.61 Å². The van der Waals surface area contributed by atoms with Gasteiger partial charge in [0.25, 0.3) is 11.1 Å². The van der Waals surface area contributed by atoms with Gasteiger partial charge in [-0.15, -0.1) is 0 Å². The average molecular weight is 490 g/mol. The number of phenols is 1. The molecular weight excluding hydrogens is 479 g/mol. The highest BCUT2D eigenvalue weighted by Crippen LogP contribution is 2.40. The molecule has 1 aliphatic heterocycles. The van der Waals surface area contributed by atoms with Crippen LogP contribution in [0.2, 0.25) is 5.28 Å². The number of phenolic OH excluding ortho intramolecular Hbond substituents is 1. The summed E-state index contributed by atoms with van der Waals surface area (Å²) in [5, 5.41) is 9.54. The van der Waals surface area contributed by atoms with Crippen LogP contribution in [0.15, 0.2) is 21.6 Å². The van der Waals surface area contributed by atoms with Crippen LogP contribution >= 0.6 is 39.3 Å². The summed E-state index contributed by atoms with van der Waals surface area (Å²) in [6, 6.07) is 1.32. The van der Waals surface area contributed by atoms with E-state index in [-0.39, 0.29) is 38.4 Å². The third kappa shape index (κ3) is 3.91. The minimum atomic E-state index is -0.986. The second kappa shape index (κ2) is 7.94. The molecule has 1 aliphatic rings. The minimum absolute atomic E-state index is 0.0362. The number of imide groups is 1. The SMILES string of the molecule is CN1C(=O)S/C(=C\c2cc(OCc3cnc(Cl)nc3N)c(O)c(F)c2Br)C1=O. The molecule has 0 saturated carbocycles. The van der Waals surface area contributed by atoms with Crippen molar-refractivity contribution >= 4 is 62.3 Å². The highest BCUT2D eigenvalue weighted by molar-refractivity contribution is 9.10. The summed E-state index contributed by atoms with van der Waals surface area (Å²) in [6.45, 7) is -0.164. The lowest BCUT2D eigenvalue weighted by Crippen LogP contribution is -2.22. The summed E-state index contributed by atoms with van der Waals surface area (Å²) in [5.74, 6) is -2.35. The third-order valence-corrected chi connectivity index (χ3v) is 5.65. The zero-order valence-electron chi connectivity index (χ0n) is 14.1. The molecule has 12 heteroatoms. The number of thioether (sulfide) groups is 1. The van der Waals surface area contributed by atoms with E-state index in [1.807, 2.05) is 0 Å². The number of nitrogens with two attached hydrogens (primary N) is 1. The molecule has 0 spiro atoms. The predicted molar refractivity (Wildman–Crippen MR) is 105 cm³/mol. The molecule has 2 heterocycles. The van der Waals surface area contributed by atoms with Gasteiger partial charge in [0.15, 0.2) is 17.3 Å². The van der Waals surface area contributed by atoms with Gasteiger partial charge in [-0.3, -0.25) is 14.5 Å². The van der Waals surface area contributed by atoms with E-state index in [1.165, 1.54) is 25.4 Å². The van der Waals surface area contributed by atoms with Gasteiger partial charge in [-0.2, -0.15) is 0 Å². The summed E-state index contributed by atoms with van der Waals surface area (Å²) in [7, 11) is 1.35. The molecule has 146 valence electrons. The summed E-state index contributed by atoms with van der Waals surface area (Å²) < 4.78 is 19.7. The van der Waals surface area contributed by atoms with E-state index < -0.39 is 22.7 Å². The third-order valence-electron chi connectivity index (χ3n) is 3.70.